The Morgan fingerprint density at radius 2 is 0.554 bits per heavy atom. The summed E-state index contributed by atoms with van der Waals surface area (Å²) in [5, 5.41) is 11.5. The summed E-state index contributed by atoms with van der Waals surface area (Å²) < 4.78 is 24.3. The highest BCUT2D eigenvalue weighted by Crippen LogP contribution is 2.48. The van der Waals surface area contributed by atoms with Gasteiger partial charge < -0.3 is 22.4 Å². The molecule has 0 aliphatic heterocycles. The van der Waals surface area contributed by atoms with Gasteiger partial charge >= 0.3 is 0 Å². The summed E-state index contributed by atoms with van der Waals surface area (Å²) in [6.45, 7) is 0. The van der Waals surface area contributed by atoms with Crippen LogP contribution in [0.15, 0.2) is 389 Å². The minimum absolute atomic E-state index is 0.639. The van der Waals surface area contributed by atoms with E-state index < -0.39 is 0 Å². The second-order valence-corrected chi connectivity index (χ2v) is 31.5. The molecule has 24 aromatic rings. The lowest BCUT2D eigenvalue weighted by atomic mass is 9.97. The summed E-state index contributed by atoms with van der Waals surface area (Å²) in [4.78, 5) is 29.8. The zero-order valence-electron chi connectivity index (χ0n) is 65.0. The molecule has 121 heavy (non-hydrogen) atoms. The Labute approximate surface area is 692 Å². The summed E-state index contributed by atoms with van der Waals surface area (Å²) in [5.74, 6) is 3.90. The van der Waals surface area contributed by atoms with Gasteiger partial charge in [-0.25, -0.2) is 29.9 Å². The Morgan fingerprint density at radius 3 is 1.14 bits per heavy atom. The molecule has 0 unspecified atom stereocenters. The van der Waals surface area contributed by atoms with Gasteiger partial charge in [0, 0.05) is 104 Å². The SMILES string of the molecule is c1ccc(-c2nc(-c3ccccc3)nc(-c3ccc(-n4c5ccccc5c5cc(-c6ccc7c(c6)-c6cc8oc9ccccc9c8cc6C7)ccc54)cc3)n2)cc1.c1ccc(-c2nc(-c3ccccc3)nc(-c3ccc4c(c3)-c3cc(-n5c6ccccc6c6cc(-c7cccc8c7oc7c8ccc8c9ccccc9oc87)ccc65)ccc3C4)n2)cc1. The molecule has 0 saturated carbocycles. The van der Waals surface area contributed by atoms with Gasteiger partial charge in [0.1, 0.15) is 22.3 Å². The van der Waals surface area contributed by atoms with Crippen molar-refractivity contribution in [3.05, 3.63) is 398 Å². The van der Waals surface area contributed by atoms with Crippen molar-refractivity contribution in [1.82, 2.24) is 39.0 Å². The molecular weight excluding hydrogens is 1480 g/mol. The predicted molar refractivity (Wildman–Crippen MR) is 490 cm³/mol. The van der Waals surface area contributed by atoms with E-state index in [9.17, 15) is 0 Å². The van der Waals surface area contributed by atoms with Crippen LogP contribution in [0.5, 0.6) is 0 Å². The Balaban J connectivity index is 0.000000135. The molecule has 11 nitrogen and oxygen atoms in total. The molecule has 0 saturated heterocycles. The van der Waals surface area contributed by atoms with E-state index >= 15 is 0 Å². The number of aromatic nitrogens is 8. The number of fused-ring (bicyclic) bond motifs is 22. The van der Waals surface area contributed by atoms with Crippen molar-refractivity contribution < 1.29 is 13.3 Å². The third-order valence-electron chi connectivity index (χ3n) is 24.6. The second-order valence-electron chi connectivity index (χ2n) is 31.5. The zero-order chi connectivity index (χ0) is 79.3. The highest BCUT2D eigenvalue weighted by atomic mass is 16.4. The molecule has 26 rings (SSSR count). The third kappa shape index (κ3) is 11.2. The molecule has 0 fully saturated rings. The Bertz CT molecular complexity index is 8280. The normalized spacial score (nSPS) is 12.2. The molecule has 0 amide bonds. The fraction of sp³-hybridized carbons (Fsp3) is 0.0182. The van der Waals surface area contributed by atoms with E-state index in [1.54, 1.807) is 0 Å². The van der Waals surface area contributed by atoms with E-state index in [2.05, 4.69) is 240 Å². The minimum Gasteiger partial charge on any atom is -0.456 e. The largest absolute Gasteiger partial charge is 0.456 e. The Kier molecular flexibility index (Phi) is 15.3. The van der Waals surface area contributed by atoms with Gasteiger partial charge in [-0.05, 0) is 195 Å². The minimum atomic E-state index is 0.639. The molecule has 11 heteroatoms. The average Bonchev–Trinajstić information content (AvgIpc) is 1.58. The number of hydrogen-bond donors (Lipinski definition) is 0. The monoisotopic (exact) mass is 1550 g/mol. The fourth-order valence-corrected chi connectivity index (χ4v) is 18.8. The number of hydrogen-bond acceptors (Lipinski definition) is 9. The number of furan rings is 3. The Morgan fingerprint density at radius 1 is 0.182 bits per heavy atom. The van der Waals surface area contributed by atoms with Crippen molar-refractivity contribution in [3.8, 4) is 124 Å². The van der Waals surface area contributed by atoms with Crippen molar-refractivity contribution in [2.24, 2.45) is 0 Å². The molecule has 17 aromatic carbocycles. The van der Waals surface area contributed by atoms with Crippen LogP contribution in [0.1, 0.15) is 22.3 Å². The van der Waals surface area contributed by atoms with Crippen LogP contribution in [0.25, 0.3) is 234 Å². The smallest absolute Gasteiger partial charge is 0.178 e. The van der Waals surface area contributed by atoms with Crippen molar-refractivity contribution in [2.75, 3.05) is 0 Å². The third-order valence-corrected chi connectivity index (χ3v) is 24.6. The van der Waals surface area contributed by atoms with Gasteiger partial charge in [-0.15, -0.1) is 0 Å². The van der Waals surface area contributed by atoms with Crippen molar-refractivity contribution in [3.63, 3.8) is 0 Å². The molecule has 2 aliphatic rings. The molecule has 7 aromatic heterocycles. The molecule has 7 heterocycles. The summed E-state index contributed by atoms with van der Waals surface area (Å²) in [5.41, 5.74) is 32.5. The van der Waals surface area contributed by atoms with Crippen LogP contribution in [0.2, 0.25) is 0 Å². The highest BCUT2D eigenvalue weighted by Gasteiger charge is 2.27. The van der Waals surface area contributed by atoms with Gasteiger partial charge in [0.25, 0.3) is 0 Å². The first kappa shape index (κ1) is 68.0. The lowest BCUT2D eigenvalue weighted by molar-refractivity contribution is 0.634. The van der Waals surface area contributed by atoms with Gasteiger partial charge in [0.15, 0.2) is 46.1 Å². The molecular formula is C110H66N8O3. The lowest BCUT2D eigenvalue weighted by Crippen LogP contribution is -2.00. The van der Waals surface area contributed by atoms with Crippen LogP contribution >= 0.6 is 0 Å². The van der Waals surface area contributed by atoms with Crippen LogP contribution in [0.3, 0.4) is 0 Å². The van der Waals surface area contributed by atoms with E-state index in [0.29, 0.717) is 34.9 Å². The second kappa shape index (κ2) is 27.2. The average molecular weight is 1550 g/mol. The van der Waals surface area contributed by atoms with Crippen LogP contribution < -0.4 is 0 Å². The first-order valence-corrected chi connectivity index (χ1v) is 40.9. The van der Waals surface area contributed by atoms with Crippen molar-refractivity contribution in [1.29, 1.82) is 0 Å². The summed E-state index contributed by atoms with van der Waals surface area (Å²) >= 11 is 0. The Hall–Kier alpha value is -16.2. The van der Waals surface area contributed by atoms with E-state index in [4.69, 9.17) is 43.2 Å². The fourth-order valence-electron chi connectivity index (χ4n) is 18.8. The standard InChI is InChI=1S/C58H34N4O2.C52H32N4O/c1-3-12-34(13-4-1)56-59-57(35-14-5-2-6-15-35)61-58(60-56)39-23-22-36-30-37-24-26-40(33-48(37)47(36)32-39)62-50-20-9-7-16-42(50)49-31-38(25-29-51(49)62)41-18-11-19-44-46-28-27-45-43-17-8-10-21-52(43)63-54(45)55(46)64-53(41)44;1-3-11-32(12-4-1)50-53-51(33-13-5-2-6-14-33)55-52(54-50)34-21-24-39(25-22-34)56-46-17-9-7-15-40(46)44-29-36(23-26-47(44)56)35-19-20-37-27-38-30-45-41-16-8-10-18-48(41)57-49(45)31-43(38)42(37)28-35/h1-29,31-33H,30H2;1-26,28-31H,27H2. The summed E-state index contributed by atoms with van der Waals surface area (Å²) in [6, 6.07) is 132. The van der Waals surface area contributed by atoms with Gasteiger partial charge in [-0.2, -0.15) is 0 Å². The van der Waals surface area contributed by atoms with E-state index in [1.807, 2.05) is 146 Å². The molecule has 0 N–H and O–H groups in total. The maximum Gasteiger partial charge on any atom is 0.178 e. The summed E-state index contributed by atoms with van der Waals surface area (Å²) in [6.07, 6.45) is 1.81. The van der Waals surface area contributed by atoms with Gasteiger partial charge in [0.2, 0.25) is 0 Å². The van der Waals surface area contributed by atoms with Gasteiger partial charge in [-0.1, -0.05) is 255 Å². The molecule has 2 aliphatic carbocycles. The number of para-hydroxylation sites is 5. The summed E-state index contributed by atoms with van der Waals surface area (Å²) in [7, 11) is 0. The van der Waals surface area contributed by atoms with Crippen LogP contribution in [-0.2, 0) is 12.8 Å². The maximum atomic E-state index is 6.81. The predicted octanol–water partition coefficient (Wildman–Crippen LogP) is 28.1. The topological polar surface area (TPSA) is 127 Å². The van der Waals surface area contributed by atoms with Crippen LogP contribution in [0.4, 0.5) is 0 Å². The molecule has 0 atom stereocenters. The van der Waals surface area contributed by atoms with Gasteiger partial charge in [-0.3, -0.25) is 0 Å². The molecule has 0 radical (unpaired) electrons. The molecule has 0 bridgehead atoms. The quantitative estimate of drug-likeness (QED) is 0.131. The lowest BCUT2D eigenvalue weighted by Gasteiger charge is -2.12. The maximum absolute atomic E-state index is 6.81. The number of rotatable bonds is 10. The van der Waals surface area contributed by atoms with E-state index in [1.165, 1.54) is 88.0 Å². The van der Waals surface area contributed by atoms with E-state index in [-0.39, 0.29) is 0 Å². The van der Waals surface area contributed by atoms with Crippen LogP contribution in [0, 0.1) is 0 Å². The van der Waals surface area contributed by atoms with Crippen molar-refractivity contribution >= 4 is 109 Å². The first-order valence-electron chi connectivity index (χ1n) is 40.9. The van der Waals surface area contributed by atoms with E-state index in [0.717, 1.165) is 146 Å². The van der Waals surface area contributed by atoms with Crippen LogP contribution in [-0.4, -0.2) is 39.0 Å². The highest BCUT2D eigenvalue weighted by molar-refractivity contribution is 6.21. The number of benzene rings is 17. The number of nitrogens with zero attached hydrogens (tertiary/aromatic N) is 8. The zero-order valence-corrected chi connectivity index (χ0v) is 65.0. The molecule has 564 valence electrons. The van der Waals surface area contributed by atoms with Crippen molar-refractivity contribution in [2.45, 2.75) is 12.8 Å². The van der Waals surface area contributed by atoms with Gasteiger partial charge in [0.05, 0.1) is 22.1 Å². The first-order chi connectivity index (χ1) is 59.9. The molecule has 0 spiro atoms.